The molecule has 1 heteroatoms. The van der Waals surface area contributed by atoms with Crippen LogP contribution in [-0.4, -0.2) is 0 Å². The van der Waals surface area contributed by atoms with E-state index in [0.29, 0.717) is 16.8 Å². The van der Waals surface area contributed by atoms with Crippen molar-refractivity contribution in [1.29, 1.82) is 0 Å². The van der Waals surface area contributed by atoms with E-state index in [-0.39, 0.29) is 70.8 Å². The summed E-state index contributed by atoms with van der Waals surface area (Å²) in [6.45, 7) is 0. The highest BCUT2D eigenvalue weighted by Crippen LogP contribution is 2.63. The van der Waals surface area contributed by atoms with Gasteiger partial charge >= 0.3 is 0 Å². The van der Waals surface area contributed by atoms with E-state index in [0.717, 1.165) is 44.5 Å². The first-order valence-electron chi connectivity index (χ1n) is 20.7. The normalized spacial score (nSPS) is 15.2. The Balaban J connectivity index is 1.28. The highest BCUT2D eigenvalue weighted by Gasteiger charge is 2.51. The maximum Gasteiger partial charge on any atom is 0.0725 e. The molecule has 2 aliphatic rings. The molecule has 0 atom stereocenters. The predicted octanol–water partition coefficient (Wildman–Crippen LogP) is 12.8. The number of nitrogens with zero attached hydrogens (tertiary/aromatic N) is 1. The Labute approximate surface area is 304 Å². The lowest BCUT2D eigenvalue weighted by atomic mass is 9.70. The topological polar surface area (TPSA) is 3.24 Å². The van der Waals surface area contributed by atoms with E-state index in [1.54, 1.807) is 48.5 Å². The molecule has 1 spiro atoms. The number of rotatable bonds is 5. The van der Waals surface area contributed by atoms with Gasteiger partial charge in [-0.1, -0.05) is 164 Å². The molecule has 0 amide bonds. The van der Waals surface area contributed by atoms with E-state index in [2.05, 4.69) is 60.7 Å². The number of hydrogen-bond donors (Lipinski definition) is 0. The van der Waals surface area contributed by atoms with Crippen LogP contribution >= 0.6 is 0 Å². The van der Waals surface area contributed by atoms with Gasteiger partial charge in [-0.25, -0.2) is 0 Å². The summed E-state index contributed by atoms with van der Waals surface area (Å²) in [6, 6.07) is 46.0. The van der Waals surface area contributed by atoms with Crippen LogP contribution in [0.4, 0.5) is 17.1 Å². The average molecular weight is 644 g/mol. The van der Waals surface area contributed by atoms with E-state index < -0.39 is 5.41 Å². The minimum atomic E-state index is -0.648. The first kappa shape index (κ1) is 21.5. The monoisotopic (exact) mass is 643 g/mol. The molecular weight excluding hydrogens is 603 g/mol. The maximum absolute atomic E-state index is 9.49. The number of fused-ring (bicyclic) bond motifs is 10. The van der Waals surface area contributed by atoms with Crippen molar-refractivity contribution in [2.75, 3.05) is 4.90 Å². The fraction of sp³-hybridized carbons (Fsp3) is 0.0204. The Morgan fingerprint density at radius 3 is 1.16 bits per heavy atom. The van der Waals surface area contributed by atoms with Crippen LogP contribution in [-0.2, 0) is 5.41 Å². The summed E-state index contributed by atoms with van der Waals surface area (Å²) in [7, 11) is 0. The number of anilines is 3. The Morgan fingerprint density at radius 1 is 0.320 bits per heavy atom. The predicted molar refractivity (Wildman–Crippen MR) is 208 cm³/mol. The molecule has 0 aliphatic heterocycles. The Bertz CT molecular complexity index is 2790. The summed E-state index contributed by atoms with van der Waals surface area (Å²) in [5.41, 5.74) is 9.22. The minimum Gasteiger partial charge on any atom is -0.310 e. The van der Waals surface area contributed by atoms with Crippen molar-refractivity contribution in [2.24, 2.45) is 0 Å². The summed E-state index contributed by atoms with van der Waals surface area (Å²) in [5, 5.41) is 0. The molecule has 0 aromatic heterocycles. The van der Waals surface area contributed by atoms with Crippen LogP contribution in [0.2, 0.25) is 0 Å². The van der Waals surface area contributed by atoms with E-state index in [1.165, 1.54) is 4.90 Å². The van der Waals surface area contributed by atoms with Crippen molar-refractivity contribution >= 4 is 17.1 Å². The van der Waals surface area contributed by atoms with Crippen molar-refractivity contribution in [3.05, 3.63) is 222 Å². The third-order valence-corrected chi connectivity index (χ3v) is 10.0. The SMILES string of the molecule is [2H]c1c([2H])c(N(c2ccc3c(c2)-c2ccccc2C32c3ccccc3-c3ccccc32)c2c([2H])c([2H])c(-c3ccccc3)c([2H])c2[2H])c([2H])c([2H])c1-c1ccccc1. The molecule has 0 bridgehead atoms. The summed E-state index contributed by atoms with van der Waals surface area (Å²) in [6.07, 6.45) is 0. The van der Waals surface area contributed by atoms with Crippen LogP contribution in [0.15, 0.2) is 200 Å². The standard InChI is InChI=1S/C49H33N/c1-3-13-34(14-4-1)36-23-27-38(28-24-36)50(39-29-25-37(26-30-39)35-15-5-2-6-16-35)40-31-32-48-44(33-40)43-19-9-12-22-47(43)49(48)45-20-10-7-17-41(45)42-18-8-11-21-46(42)49/h1-33H/i23D,24D,25D,26D,27D,28D,29D,30D. The van der Waals surface area contributed by atoms with Gasteiger partial charge in [0.15, 0.2) is 0 Å². The third-order valence-electron chi connectivity index (χ3n) is 10.0. The van der Waals surface area contributed by atoms with Crippen molar-refractivity contribution in [3.8, 4) is 44.5 Å². The van der Waals surface area contributed by atoms with Crippen molar-refractivity contribution < 1.29 is 11.0 Å². The van der Waals surface area contributed by atoms with Crippen molar-refractivity contribution in [3.63, 3.8) is 0 Å². The van der Waals surface area contributed by atoms with Gasteiger partial charge in [0.1, 0.15) is 0 Å². The van der Waals surface area contributed by atoms with E-state index in [9.17, 15) is 11.0 Å². The van der Waals surface area contributed by atoms with E-state index in [1.807, 2.05) is 42.5 Å². The second kappa shape index (κ2) is 11.3. The molecule has 8 aromatic carbocycles. The molecule has 0 saturated heterocycles. The third kappa shape index (κ3) is 4.20. The number of hydrogen-bond acceptors (Lipinski definition) is 1. The minimum absolute atomic E-state index is 0.127. The van der Waals surface area contributed by atoms with Gasteiger partial charge in [0.2, 0.25) is 0 Å². The summed E-state index contributed by atoms with van der Waals surface area (Å²) in [4.78, 5) is 1.40. The second-order valence-corrected chi connectivity index (χ2v) is 12.6. The molecule has 0 unspecified atom stereocenters. The van der Waals surface area contributed by atoms with E-state index >= 15 is 0 Å². The molecule has 0 saturated carbocycles. The molecule has 0 N–H and O–H groups in total. The second-order valence-electron chi connectivity index (χ2n) is 12.6. The van der Waals surface area contributed by atoms with Crippen LogP contribution in [0.25, 0.3) is 44.5 Å². The molecule has 234 valence electrons. The molecule has 10 rings (SSSR count). The lowest BCUT2D eigenvalue weighted by molar-refractivity contribution is 0.794. The van der Waals surface area contributed by atoms with Gasteiger partial charge in [-0.3, -0.25) is 0 Å². The summed E-state index contributed by atoms with van der Waals surface area (Å²) >= 11 is 0. The van der Waals surface area contributed by atoms with Gasteiger partial charge < -0.3 is 4.90 Å². The summed E-state index contributed by atoms with van der Waals surface area (Å²) < 4.78 is 75.0. The molecular formula is C49H33N. The van der Waals surface area contributed by atoms with Crippen molar-refractivity contribution in [1.82, 2.24) is 0 Å². The lowest BCUT2D eigenvalue weighted by Crippen LogP contribution is -2.25. The number of benzene rings is 8. The Morgan fingerprint density at radius 2 is 0.700 bits per heavy atom. The van der Waals surface area contributed by atoms with E-state index in [4.69, 9.17) is 0 Å². The average Bonchev–Trinajstić information content (AvgIpc) is 3.72. The quantitative estimate of drug-likeness (QED) is 0.180. The van der Waals surface area contributed by atoms with Gasteiger partial charge in [0.25, 0.3) is 0 Å². The smallest absolute Gasteiger partial charge is 0.0725 e. The van der Waals surface area contributed by atoms with Crippen LogP contribution < -0.4 is 4.90 Å². The fourth-order valence-corrected chi connectivity index (χ4v) is 7.93. The highest BCUT2D eigenvalue weighted by atomic mass is 15.1. The fourth-order valence-electron chi connectivity index (χ4n) is 7.93. The van der Waals surface area contributed by atoms with Gasteiger partial charge in [0.05, 0.1) is 16.4 Å². The molecule has 2 aliphatic carbocycles. The van der Waals surface area contributed by atoms with Crippen LogP contribution in [0.3, 0.4) is 0 Å². The van der Waals surface area contributed by atoms with Crippen LogP contribution in [0.1, 0.15) is 33.2 Å². The molecule has 0 fully saturated rings. The lowest BCUT2D eigenvalue weighted by Gasteiger charge is -2.31. The van der Waals surface area contributed by atoms with Gasteiger partial charge in [-0.15, -0.1) is 0 Å². The maximum atomic E-state index is 9.49. The first-order chi connectivity index (χ1) is 28.2. The molecule has 0 heterocycles. The summed E-state index contributed by atoms with van der Waals surface area (Å²) in [5.74, 6) is 0. The largest absolute Gasteiger partial charge is 0.310 e. The molecule has 8 aromatic rings. The molecule has 50 heavy (non-hydrogen) atoms. The van der Waals surface area contributed by atoms with Crippen LogP contribution in [0.5, 0.6) is 0 Å². The zero-order valence-corrected chi connectivity index (χ0v) is 26.9. The van der Waals surface area contributed by atoms with Gasteiger partial charge in [-0.05, 0) is 103 Å². The first-order valence-corrected chi connectivity index (χ1v) is 16.7. The molecule has 0 radical (unpaired) electrons. The van der Waals surface area contributed by atoms with Crippen molar-refractivity contribution in [2.45, 2.75) is 5.41 Å². The zero-order chi connectivity index (χ0) is 40.0. The highest BCUT2D eigenvalue weighted by molar-refractivity contribution is 5.96. The van der Waals surface area contributed by atoms with Gasteiger partial charge in [-0.2, -0.15) is 0 Å². The van der Waals surface area contributed by atoms with Gasteiger partial charge in [0, 0.05) is 17.1 Å². The Kier molecular flexibility index (Phi) is 4.87. The van der Waals surface area contributed by atoms with Crippen LogP contribution in [0, 0.1) is 0 Å². The Hall–Kier alpha value is -6.44. The molecule has 1 nitrogen and oxygen atoms in total. The zero-order valence-electron chi connectivity index (χ0n) is 34.9.